The van der Waals surface area contributed by atoms with Crippen molar-refractivity contribution in [3.05, 3.63) is 29.8 Å². The van der Waals surface area contributed by atoms with E-state index in [9.17, 15) is 5.11 Å². The molecular weight excluding hydrogens is 204 g/mol. The summed E-state index contributed by atoms with van der Waals surface area (Å²) in [5, 5.41) is 10.3. The van der Waals surface area contributed by atoms with Crippen LogP contribution in [0.25, 0.3) is 0 Å². The fourth-order valence-electron chi connectivity index (χ4n) is 2.01. The van der Waals surface area contributed by atoms with Crippen LogP contribution in [-0.2, 0) is 0 Å². The van der Waals surface area contributed by atoms with Crippen LogP contribution in [0.3, 0.4) is 0 Å². The highest BCUT2D eigenvalue weighted by Crippen LogP contribution is 2.33. The van der Waals surface area contributed by atoms with E-state index in [1.54, 1.807) is 0 Å². The zero-order chi connectivity index (χ0) is 10.7. The van der Waals surface area contributed by atoms with Gasteiger partial charge in [-0.15, -0.1) is 11.8 Å². The Bertz CT molecular complexity index is 307. The second-order valence-corrected chi connectivity index (χ2v) is 5.63. The van der Waals surface area contributed by atoms with Crippen molar-refractivity contribution in [1.29, 1.82) is 0 Å². The summed E-state index contributed by atoms with van der Waals surface area (Å²) in [6, 6.07) is 8.58. The van der Waals surface area contributed by atoms with Crippen LogP contribution in [0.15, 0.2) is 29.2 Å². The Kier molecular flexibility index (Phi) is 3.71. The second-order valence-electron chi connectivity index (χ2n) is 4.32. The van der Waals surface area contributed by atoms with Crippen molar-refractivity contribution in [2.75, 3.05) is 0 Å². The molecule has 82 valence electrons. The molecule has 15 heavy (non-hydrogen) atoms. The predicted molar refractivity (Wildman–Crippen MR) is 65.3 cm³/mol. The smallest absolute Gasteiger partial charge is 0.0662 e. The molecule has 2 heteroatoms. The van der Waals surface area contributed by atoms with Crippen LogP contribution >= 0.6 is 11.8 Å². The molecule has 0 bridgehead atoms. The molecule has 1 fully saturated rings. The lowest BCUT2D eigenvalue weighted by Gasteiger charge is -2.26. The zero-order valence-corrected chi connectivity index (χ0v) is 9.96. The average Bonchev–Trinajstić information content (AvgIpc) is 2.25. The van der Waals surface area contributed by atoms with E-state index in [4.69, 9.17) is 0 Å². The van der Waals surface area contributed by atoms with Gasteiger partial charge in [0.15, 0.2) is 0 Å². The largest absolute Gasteiger partial charge is 0.392 e. The third kappa shape index (κ3) is 2.99. The minimum absolute atomic E-state index is 0.106. The molecule has 0 spiro atoms. The lowest BCUT2D eigenvalue weighted by Crippen LogP contribution is -2.26. The third-order valence-corrected chi connectivity index (χ3v) is 4.37. The molecule has 1 aromatic carbocycles. The standard InChI is InChI=1S/C13H18OS/c1-10-6-8-11(9-7-10)15-13-5-3-2-4-12(13)14/h6-9,12-14H,2-5H2,1H3. The minimum atomic E-state index is -0.106. The predicted octanol–water partition coefficient (Wildman–Crippen LogP) is 3.39. The minimum Gasteiger partial charge on any atom is -0.392 e. The normalized spacial score (nSPS) is 26.5. The van der Waals surface area contributed by atoms with Crippen LogP contribution in [0.5, 0.6) is 0 Å². The van der Waals surface area contributed by atoms with Gasteiger partial charge >= 0.3 is 0 Å². The van der Waals surface area contributed by atoms with Crippen molar-refractivity contribution >= 4 is 11.8 Å². The highest BCUT2D eigenvalue weighted by molar-refractivity contribution is 8.00. The number of aliphatic hydroxyl groups is 1. The fraction of sp³-hybridized carbons (Fsp3) is 0.538. The molecule has 1 saturated carbocycles. The first-order chi connectivity index (χ1) is 7.25. The number of benzene rings is 1. The summed E-state index contributed by atoms with van der Waals surface area (Å²) in [7, 11) is 0. The van der Waals surface area contributed by atoms with Crippen molar-refractivity contribution in [1.82, 2.24) is 0 Å². The van der Waals surface area contributed by atoms with Crippen molar-refractivity contribution in [2.24, 2.45) is 0 Å². The molecule has 1 aliphatic rings. The third-order valence-electron chi connectivity index (χ3n) is 2.98. The van der Waals surface area contributed by atoms with E-state index in [1.807, 2.05) is 11.8 Å². The highest BCUT2D eigenvalue weighted by Gasteiger charge is 2.23. The van der Waals surface area contributed by atoms with Gasteiger partial charge in [0.05, 0.1) is 6.10 Å². The quantitative estimate of drug-likeness (QED) is 0.827. The van der Waals surface area contributed by atoms with E-state index >= 15 is 0 Å². The molecule has 2 unspecified atom stereocenters. The second kappa shape index (κ2) is 5.04. The van der Waals surface area contributed by atoms with Gasteiger partial charge in [-0.1, -0.05) is 30.5 Å². The van der Waals surface area contributed by atoms with Crippen molar-refractivity contribution in [3.63, 3.8) is 0 Å². The fourth-order valence-corrected chi connectivity index (χ4v) is 3.23. The number of hydrogen-bond donors (Lipinski definition) is 1. The molecule has 1 aromatic rings. The molecule has 0 heterocycles. The lowest BCUT2D eigenvalue weighted by molar-refractivity contribution is 0.137. The Morgan fingerprint density at radius 3 is 2.47 bits per heavy atom. The summed E-state index contributed by atoms with van der Waals surface area (Å²) in [5.74, 6) is 0. The first-order valence-electron chi connectivity index (χ1n) is 5.67. The van der Waals surface area contributed by atoms with Crippen LogP contribution in [0.1, 0.15) is 31.2 Å². The molecule has 0 amide bonds. The first kappa shape index (κ1) is 11.0. The van der Waals surface area contributed by atoms with Crippen molar-refractivity contribution in [3.8, 4) is 0 Å². The molecule has 2 atom stereocenters. The van der Waals surface area contributed by atoms with Crippen LogP contribution in [0.4, 0.5) is 0 Å². The zero-order valence-electron chi connectivity index (χ0n) is 9.15. The van der Waals surface area contributed by atoms with E-state index in [0.29, 0.717) is 5.25 Å². The average molecular weight is 222 g/mol. The van der Waals surface area contributed by atoms with Gasteiger partial charge in [-0.25, -0.2) is 0 Å². The number of hydrogen-bond acceptors (Lipinski definition) is 2. The maximum Gasteiger partial charge on any atom is 0.0662 e. The van der Waals surface area contributed by atoms with E-state index in [-0.39, 0.29) is 6.10 Å². The molecule has 0 aliphatic heterocycles. The van der Waals surface area contributed by atoms with Crippen LogP contribution < -0.4 is 0 Å². The summed E-state index contributed by atoms with van der Waals surface area (Å²) in [6.45, 7) is 2.10. The Balaban J connectivity index is 1.98. The van der Waals surface area contributed by atoms with Crippen molar-refractivity contribution in [2.45, 2.75) is 48.9 Å². The molecule has 1 N–H and O–H groups in total. The lowest BCUT2D eigenvalue weighted by atomic mass is 9.97. The number of rotatable bonds is 2. The van der Waals surface area contributed by atoms with E-state index in [2.05, 4.69) is 31.2 Å². The number of aryl methyl sites for hydroxylation is 1. The molecule has 0 aromatic heterocycles. The van der Waals surface area contributed by atoms with Gasteiger partial charge < -0.3 is 5.11 Å². The van der Waals surface area contributed by atoms with Crippen LogP contribution in [-0.4, -0.2) is 16.5 Å². The van der Waals surface area contributed by atoms with Crippen LogP contribution in [0, 0.1) is 6.92 Å². The summed E-state index contributed by atoms with van der Waals surface area (Å²) < 4.78 is 0. The van der Waals surface area contributed by atoms with Gasteiger partial charge in [-0.05, 0) is 31.9 Å². The molecule has 2 rings (SSSR count). The van der Waals surface area contributed by atoms with Gasteiger partial charge in [0.1, 0.15) is 0 Å². The van der Waals surface area contributed by atoms with Crippen LogP contribution in [0.2, 0.25) is 0 Å². The molecule has 0 saturated heterocycles. The van der Waals surface area contributed by atoms with Crippen molar-refractivity contribution < 1.29 is 5.11 Å². The summed E-state index contributed by atoms with van der Waals surface area (Å²) >= 11 is 1.83. The summed E-state index contributed by atoms with van der Waals surface area (Å²) in [5.41, 5.74) is 1.29. The molecule has 1 nitrogen and oxygen atoms in total. The Morgan fingerprint density at radius 1 is 1.13 bits per heavy atom. The van der Waals surface area contributed by atoms with E-state index < -0.39 is 0 Å². The Labute approximate surface area is 95.9 Å². The first-order valence-corrected chi connectivity index (χ1v) is 6.55. The molecule has 1 aliphatic carbocycles. The monoisotopic (exact) mass is 222 g/mol. The molecule has 0 radical (unpaired) electrons. The maximum absolute atomic E-state index is 9.86. The molecular formula is C13H18OS. The SMILES string of the molecule is Cc1ccc(SC2CCCCC2O)cc1. The van der Waals surface area contributed by atoms with Gasteiger partial charge in [0.25, 0.3) is 0 Å². The Hall–Kier alpha value is -0.470. The van der Waals surface area contributed by atoms with Gasteiger partial charge in [0, 0.05) is 10.1 Å². The topological polar surface area (TPSA) is 20.2 Å². The van der Waals surface area contributed by atoms with Gasteiger partial charge in [0.2, 0.25) is 0 Å². The van der Waals surface area contributed by atoms with Gasteiger partial charge in [-0.2, -0.15) is 0 Å². The maximum atomic E-state index is 9.86. The van der Waals surface area contributed by atoms with Gasteiger partial charge in [-0.3, -0.25) is 0 Å². The Morgan fingerprint density at radius 2 is 1.80 bits per heavy atom. The number of aliphatic hydroxyl groups excluding tert-OH is 1. The summed E-state index contributed by atoms with van der Waals surface area (Å²) in [4.78, 5) is 1.28. The highest BCUT2D eigenvalue weighted by atomic mass is 32.2. The number of thioether (sulfide) groups is 1. The van der Waals surface area contributed by atoms with E-state index in [1.165, 1.54) is 23.3 Å². The van der Waals surface area contributed by atoms with E-state index in [0.717, 1.165) is 12.8 Å². The summed E-state index contributed by atoms with van der Waals surface area (Å²) in [6.07, 6.45) is 4.47.